The molecule has 6 heteroatoms. The van der Waals surface area contributed by atoms with Crippen LogP contribution in [0.5, 0.6) is 0 Å². The second-order valence-electron chi connectivity index (χ2n) is 7.02. The van der Waals surface area contributed by atoms with Crippen molar-refractivity contribution in [1.82, 2.24) is 20.2 Å². The summed E-state index contributed by atoms with van der Waals surface area (Å²) in [6.07, 6.45) is 4.75. The third-order valence-electron chi connectivity index (χ3n) is 5.25. The van der Waals surface area contributed by atoms with E-state index in [1.807, 2.05) is 31.3 Å². The fraction of sp³-hybridized carbons (Fsp3) is 0.526. The smallest absolute Gasteiger partial charge is 0.225 e. The molecule has 25 heavy (non-hydrogen) atoms. The number of nitrogens with one attached hydrogen (secondary N) is 1. The summed E-state index contributed by atoms with van der Waals surface area (Å²) in [6.45, 7) is 2.15. The first-order valence-corrected chi connectivity index (χ1v) is 9.01. The highest BCUT2D eigenvalue weighted by Gasteiger charge is 2.36. The number of amides is 1. The Labute approximate surface area is 147 Å². The third-order valence-corrected chi connectivity index (χ3v) is 5.25. The molecule has 132 valence electrons. The minimum Gasteiger partial charge on any atom is -0.375 e. The first-order chi connectivity index (χ1) is 12.2. The highest BCUT2D eigenvalue weighted by atomic mass is 16.5. The summed E-state index contributed by atoms with van der Waals surface area (Å²) in [5.74, 6) is 0.259. The molecule has 2 aromatic rings. The topological polar surface area (TPSA) is 67.4 Å². The van der Waals surface area contributed by atoms with E-state index in [2.05, 4.69) is 15.3 Å². The van der Waals surface area contributed by atoms with Gasteiger partial charge in [0.2, 0.25) is 5.91 Å². The molecule has 1 aromatic heterocycles. The molecule has 1 aliphatic heterocycles. The number of hydrogen-bond donors (Lipinski definition) is 1. The average molecular weight is 340 g/mol. The van der Waals surface area contributed by atoms with Gasteiger partial charge in [-0.25, -0.2) is 4.98 Å². The number of fused-ring (bicyclic) bond motifs is 2. The minimum absolute atomic E-state index is 0.0638. The highest BCUT2D eigenvalue weighted by Crippen LogP contribution is 2.29. The van der Waals surface area contributed by atoms with Crippen molar-refractivity contribution in [3.05, 3.63) is 36.2 Å². The van der Waals surface area contributed by atoms with Gasteiger partial charge >= 0.3 is 0 Å². The van der Waals surface area contributed by atoms with Crippen LogP contribution in [0.4, 0.5) is 0 Å². The molecule has 2 aliphatic rings. The van der Waals surface area contributed by atoms with E-state index in [1.165, 1.54) is 0 Å². The summed E-state index contributed by atoms with van der Waals surface area (Å²) in [7, 11) is 1.86. The molecule has 4 rings (SSSR count). The van der Waals surface area contributed by atoms with E-state index in [1.54, 1.807) is 11.1 Å². The number of carbonyl (C=O) groups is 1. The zero-order valence-corrected chi connectivity index (χ0v) is 14.5. The Bertz CT molecular complexity index is 766. The lowest BCUT2D eigenvalue weighted by Gasteiger charge is -2.40. The van der Waals surface area contributed by atoms with Gasteiger partial charge in [0.15, 0.2) is 0 Å². The molecule has 1 amide bonds. The lowest BCUT2D eigenvalue weighted by molar-refractivity contribution is -0.138. The minimum atomic E-state index is 0.0638. The van der Waals surface area contributed by atoms with E-state index < -0.39 is 0 Å². The summed E-state index contributed by atoms with van der Waals surface area (Å²) in [5.41, 5.74) is 2.56. The molecule has 6 nitrogen and oxygen atoms in total. The van der Waals surface area contributed by atoms with Gasteiger partial charge in [-0.3, -0.25) is 9.78 Å². The van der Waals surface area contributed by atoms with Crippen LogP contribution in [0.15, 0.2) is 30.5 Å². The number of hydrogen-bond acceptors (Lipinski definition) is 5. The molecule has 0 spiro atoms. The van der Waals surface area contributed by atoms with Crippen LogP contribution < -0.4 is 5.32 Å². The Balaban J connectivity index is 1.41. The summed E-state index contributed by atoms with van der Waals surface area (Å²) in [5, 5.41) is 3.50. The molecule has 0 unspecified atom stereocenters. The fourth-order valence-electron chi connectivity index (χ4n) is 3.94. The number of para-hydroxylation sites is 2. The van der Waals surface area contributed by atoms with Crippen LogP contribution in [0.2, 0.25) is 0 Å². The highest BCUT2D eigenvalue weighted by molar-refractivity contribution is 5.79. The van der Waals surface area contributed by atoms with Crippen LogP contribution in [0.3, 0.4) is 0 Å². The summed E-state index contributed by atoms with van der Waals surface area (Å²) in [4.78, 5) is 23.7. The maximum absolute atomic E-state index is 12.8. The number of benzene rings is 1. The number of ether oxygens (including phenoxy) is 1. The summed E-state index contributed by atoms with van der Waals surface area (Å²) in [6, 6.07) is 8.10. The Hall–Kier alpha value is -2.05. The van der Waals surface area contributed by atoms with Crippen molar-refractivity contribution in [2.45, 2.75) is 38.0 Å². The van der Waals surface area contributed by atoms with Gasteiger partial charge < -0.3 is 15.0 Å². The average Bonchev–Trinajstić information content (AvgIpc) is 2.67. The molecule has 1 aliphatic carbocycles. The zero-order chi connectivity index (χ0) is 17.2. The molecule has 2 heterocycles. The normalized spacial score (nSPS) is 26.2. The van der Waals surface area contributed by atoms with E-state index >= 15 is 0 Å². The number of nitrogens with zero attached hydrogens (tertiary/aromatic N) is 3. The van der Waals surface area contributed by atoms with Crippen LogP contribution in [-0.2, 0) is 16.1 Å². The van der Waals surface area contributed by atoms with Crippen molar-refractivity contribution in [2.24, 2.45) is 5.92 Å². The van der Waals surface area contributed by atoms with Gasteiger partial charge in [-0.1, -0.05) is 12.1 Å². The number of carbonyl (C=O) groups excluding carboxylic acids is 1. The predicted molar refractivity (Wildman–Crippen MR) is 94.9 cm³/mol. The molecule has 2 fully saturated rings. The van der Waals surface area contributed by atoms with Crippen molar-refractivity contribution in [1.29, 1.82) is 0 Å². The number of morpholine rings is 1. The number of rotatable bonds is 3. The summed E-state index contributed by atoms with van der Waals surface area (Å²) >= 11 is 0. The van der Waals surface area contributed by atoms with Crippen LogP contribution >= 0.6 is 0 Å². The molecular formula is C19H24N4O2. The van der Waals surface area contributed by atoms with Gasteiger partial charge in [0, 0.05) is 25.6 Å². The van der Waals surface area contributed by atoms with Crippen molar-refractivity contribution < 1.29 is 9.53 Å². The maximum Gasteiger partial charge on any atom is 0.225 e. The largest absolute Gasteiger partial charge is 0.375 e. The van der Waals surface area contributed by atoms with E-state index in [9.17, 15) is 4.79 Å². The lowest BCUT2D eigenvalue weighted by Crippen LogP contribution is -2.53. The molecule has 0 radical (unpaired) electrons. The molecule has 1 N–H and O–H groups in total. The second-order valence-corrected chi connectivity index (χ2v) is 7.02. The van der Waals surface area contributed by atoms with Crippen LogP contribution in [0, 0.1) is 5.92 Å². The number of aromatic nitrogens is 2. The van der Waals surface area contributed by atoms with Gasteiger partial charge in [-0.2, -0.15) is 0 Å². The van der Waals surface area contributed by atoms with E-state index in [0.29, 0.717) is 12.6 Å². The van der Waals surface area contributed by atoms with Crippen molar-refractivity contribution >= 4 is 16.9 Å². The SMILES string of the molecule is CN(Cc1cnc2ccccc2n1)C(=O)[C@H]1CC[C@H]2OCCN[C@@H]2C1. The zero-order valence-electron chi connectivity index (χ0n) is 14.5. The maximum atomic E-state index is 12.8. The second kappa shape index (κ2) is 7.06. The van der Waals surface area contributed by atoms with Crippen LogP contribution in [0.25, 0.3) is 11.0 Å². The Kier molecular flexibility index (Phi) is 4.63. The fourth-order valence-corrected chi connectivity index (χ4v) is 3.94. The molecular weight excluding hydrogens is 316 g/mol. The van der Waals surface area contributed by atoms with E-state index in [4.69, 9.17) is 4.74 Å². The Morgan fingerprint density at radius 3 is 3.04 bits per heavy atom. The van der Waals surface area contributed by atoms with Gasteiger partial charge in [0.1, 0.15) is 0 Å². The summed E-state index contributed by atoms with van der Waals surface area (Å²) < 4.78 is 5.80. The lowest BCUT2D eigenvalue weighted by atomic mass is 9.82. The van der Waals surface area contributed by atoms with Gasteiger partial charge in [-0.05, 0) is 31.4 Å². The molecule has 0 bridgehead atoms. The monoisotopic (exact) mass is 340 g/mol. The van der Waals surface area contributed by atoms with Gasteiger partial charge in [0.05, 0.1) is 42.2 Å². The molecule has 1 saturated heterocycles. The first kappa shape index (κ1) is 16.4. The molecule has 1 aromatic carbocycles. The standard InChI is InChI=1S/C19H24N4O2/c1-23(12-14-11-21-15-4-2-3-5-16(15)22-14)19(24)13-6-7-18-17(10-13)20-8-9-25-18/h2-5,11,13,17-18,20H,6-10,12H2,1H3/t13-,17+,18+/m0/s1. The Morgan fingerprint density at radius 1 is 1.32 bits per heavy atom. The molecule has 1 saturated carbocycles. The quantitative estimate of drug-likeness (QED) is 0.922. The van der Waals surface area contributed by atoms with Gasteiger partial charge in [-0.15, -0.1) is 0 Å². The molecule has 3 atom stereocenters. The van der Waals surface area contributed by atoms with Gasteiger partial charge in [0.25, 0.3) is 0 Å². The Morgan fingerprint density at radius 2 is 2.16 bits per heavy atom. The predicted octanol–water partition coefficient (Wildman–Crippen LogP) is 1.75. The third kappa shape index (κ3) is 3.50. The van der Waals surface area contributed by atoms with Crippen molar-refractivity contribution in [3.8, 4) is 0 Å². The van der Waals surface area contributed by atoms with Crippen molar-refractivity contribution in [2.75, 3.05) is 20.2 Å². The van der Waals surface area contributed by atoms with Crippen LogP contribution in [0.1, 0.15) is 25.0 Å². The van der Waals surface area contributed by atoms with Crippen molar-refractivity contribution in [3.63, 3.8) is 0 Å². The van der Waals surface area contributed by atoms with E-state index in [-0.39, 0.29) is 17.9 Å². The van der Waals surface area contributed by atoms with E-state index in [0.717, 1.165) is 49.1 Å². The van der Waals surface area contributed by atoms with Crippen LogP contribution in [-0.4, -0.2) is 53.1 Å². The first-order valence-electron chi connectivity index (χ1n) is 9.01.